The highest BCUT2D eigenvalue weighted by Gasteiger charge is 2.01. The van der Waals surface area contributed by atoms with Crippen LogP contribution in [0.5, 0.6) is 0 Å². The van der Waals surface area contributed by atoms with Crippen LogP contribution in [0.3, 0.4) is 0 Å². The fourth-order valence-electron chi connectivity index (χ4n) is 1.64. The van der Waals surface area contributed by atoms with Crippen molar-refractivity contribution in [2.24, 2.45) is 0 Å². The lowest BCUT2D eigenvalue weighted by atomic mass is 10.1. The van der Waals surface area contributed by atoms with Gasteiger partial charge in [-0.15, -0.1) is 0 Å². The summed E-state index contributed by atoms with van der Waals surface area (Å²) in [5, 5.41) is 4.07. The van der Waals surface area contributed by atoms with E-state index in [1.165, 1.54) is 0 Å². The Morgan fingerprint density at radius 2 is 1.76 bits per heavy atom. The fraction of sp³-hybridized carbons (Fsp3) is 0.143. The van der Waals surface area contributed by atoms with Crippen molar-refractivity contribution in [3.05, 3.63) is 52.5 Å². The molecule has 0 atom stereocenters. The number of benzene rings is 2. The Labute approximate surface area is 106 Å². The molecule has 88 valence electrons. The molecule has 2 rings (SSSR count). The molecule has 0 aliphatic rings. The van der Waals surface area contributed by atoms with E-state index in [1.54, 1.807) is 0 Å². The van der Waals surface area contributed by atoms with Crippen LogP contribution in [-0.4, -0.2) is 0 Å². The summed E-state index contributed by atoms with van der Waals surface area (Å²) in [5.41, 5.74) is 10.8. The van der Waals surface area contributed by atoms with E-state index < -0.39 is 0 Å². The van der Waals surface area contributed by atoms with Crippen LogP contribution in [0.2, 0.25) is 5.02 Å². The zero-order chi connectivity index (χ0) is 12.4. The Balaban J connectivity index is 2.31. The van der Waals surface area contributed by atoms with Crippen LogP contribution < -0.4 is 11.1 Å². The van der Waals surface area contributed by atoms with Crippen molar-refractivity contribution >= 4 is 28.7 Å². The quantitative estimate of drug-likeness (QED) is 0.776. The number of halogens is 1. The van der Waals surface area contributed by atoms with Gasteiger partial charge in [-0.2, -0.15) is 0 Å². The van der Waals surface area contributed by atoms with E-state index in [2.05, 4.69) is 5.32 Å². The molecule has 2 aromatic carbocycles. The Kier molecular flexibility index (Phi) is 3.25. The molecule has 0 aromatic heterocycles. The Morgan fingerprint density at radius 3 is 2.47 bits per heavy atom. The number of anilines is 3. The smallest absolute Gasteiger partial charge is 0.0428 e. The molecule has 0 saturated carbocycles. The predicted molar refractivity (Wildman–Crippen MR) is 75.1 cm³/mol. The highest BCUT2D eigenvalue weighted by molar-refractivity contribution is 6.30. The third-order valence-corrected chi connectivity index (χ3v) is 2.98. The fourth-order valence-corrected chi connectivity index (χ4v) is 1.81. The molecule has 0 bridgehead atoms. The monoisotopic (exact) mass is 246 g/mol. The number of aryl methyl sites for hydroxylation is 2. The normalized spacial score (nSPS) is 10.3. The summed E-state index contributed by atoms with van der Waals surface area (Å²) >= 11 is 5.98. The molecule has 0 unspecified atom stereocenters. The second-order valence-corrected chi connectivity index (χ2v) is 4.59. The van der Waals surface area contributed by atoms with Gasteiger partial charge in [0.15, 0.2) is 0 Å². The second-order valence-electron chi connectivity index (χ2n) is 4.16. The first-order chi connectivity index (χ1) is 8.06. The highest BCUT2D eigenvalue weighted by atomic mass is 35.5. The van der Waals surface area contributed by atoms with E-state index in [4.69, 9.17) is 17.3 Å². The van der Waals surface area contributed by atoms with E-state index in [-0.39, 0.29) is 0 Å². The predicted octanol–water partition coefficient (Wildman–Crippen LogP) is 4.28. The van der Waals surface area contributed by atoms with Crippen molar-refractivity contribution in [2.75, 3.05) is 11.1 Å². The van der Waals surface area contributed by atoms with Gasteiger partial charge in [0.1, 0.15) is 0 Å². The summed E-state index contributed by atoms with van der Waals surface area (Å²) in [6.45, 7) is 4.04. The average molecular weight is 247 g/mol. The van der Waals surface area contributed by atoms with Gasteiger partial charge in [0, 0.05) is 22.1 Å². The van der Waals surface area contributed by atoms with Gasteiger partial charge in [0.2, 0.25) is 0 Å². The number of nitrogens with one attached hydrogen (secondary N) is 1. The summed E-state index contributed by atoms with van der Waals surface area (Å²) in [6, 6.07) is 11.7. The van der Waals surface area contributed by atoms with Crippen molar-refractivity contribution in [3.8, 4) is 0 Å². The summed E-state index contributed by atoms with van der Waals surface area (Å²) in [4.78, 5) is 0. The number of hydrogen-bond donors (Lipinski definition) is 2. The van der Waals surface area contributed by atoms with Gasteiger partial charge >= 0.3 is 0 Å². The largest absolute Gasteiger partial charge is 0.399 e. The first-order valence-electron chi connectivity index (χ1n) is 5.45. The van der Waals surface area contributed by atoms with Crippen LogP contribution in [0, 0.1) is 13.8 Å². The first kappa shape index (κ1) is 11.8. The molecule has 0 spiro atoms. The molecule has 2 nitrogen and oxygen atoms in total. The molecule has 17 heavy (non-hydrogen) atoms. The number of rotatable bonds is 2. The van der Waals surface area contributed by atoms with Crippen molar-refractivity contribution in [2.45, 2.75) is 13.8 Å². The Bertz CT molecular complexity index is 550. The summed E-state index contributed by atoms with van der Waals surface area (Å²) in [7, 11) is 0. The van der Waals surface area contributed by atoms with Crippen LogP contribution in [0.25, 0.3) is 0 Å². The van der Waals surface area contributed by atoms with Crippen molar-refractivity contribution in [1.82, 2.24) is 0 Å². The van der Waals surface area contributed by atoms with E-state index in [0.29, 0.717) is 0 Å². The van der Waals surface area contributed by atoms with Gasteiger partial charge in [-0.25, -0.2) is 0 Å². The molecule has 0 saturated heterocycles. The molecule has 0 amide bonds. The van der Waals surface area contributed by atoms with Crippen LogP contribution >= 0.6 is 11.6 Å². The molecule has 0 aliphatic carbocycles. The average Bonchev–Trinajstić information content (AvgIpc) is 2.29. The lowest BCUT2D eigenvalue weighted by molar-refractivity contribution is 1.41. The Morgan fingerprint density at radius 1 is 1.00 bits per heavy atom. The van der Waals surface area contributed by atoms with E-state index in [0.717, 1.165) is 33.2 Å². The van der Waals surface area contributed by atoms with Gasteiger partial charge in [0.25, 0.3) is 0 Å². The maximum atomic E-state index is 5.98. The minimum Gasteiger partial charge on any atom is -0.399 e. The summed E-state index contributed by atoms with van der Waals surface area (Å²) < 4.78 is 0. The molecule has 0 fully saturated rings. The molecule has 3 heteroatoms. The standard InChI is InChI=1S/C14H15ClN2/c1-9-3-4-11(15)8-14(9)17-12-5-6-13(16)10(2)7-12/h3-8,17H,16H2,1-2H3. The van der Waals surface area contributed by atoms with Crippen LogP contribution in [-0.2, 0) is 0 Å². The molecule has 2 aromatic rings. The van der Waals surface area contributed by atoms with Gasteiger partial charge in [-0.3, -0.25) is 0 Å². The van der Waals surface area contributed by atoms with Crippen molar-refractivity contribution < 1.29 is 0 Å². The molecule has 0 heterocycles. The van der Waals surface area contributed by atoms with E-state index in [9.17, 15) is 0 Å². The van der Waals surface area contributed by atoms with E-state index >= 15 is 0 Å². The third-order valence-electron chi connectivity index (χ3n) is 2.75. The molecule has 0 aliphatic heterocycles. The minimum atomic E-state index is 0.727. The Hall–Kier alpha value is -1.67. The summed E-state index contributed by atoms with van der Waals surface area (Å²) in [5.74, 6) is 0. The summed E-state index contributed by atoms with van der Waals surface area (Å²) in [6.07, 6.45) is 0. The lowest BCUT2D eigenvalue weighted by Crippen LogP contribution is -1.95. The molecular formula is C14H15ClN2. The number of nitrogens with two attached hydrogens (primary N) is 1. The van der Waals surface area contributed by atoms with Gasteiger partial charge < -0.3 is 11.1 Å². The third kappa shape index (κ3) is 2.71. The first-order valence-corrected chi connectivity index (χ1v) is 5.83. The number of nitrogen functional groups attached to an aromatic ring is 1. The van der Waals surface area contributed by atoms with Crippen molar-refractivity contribution in [1.29, 1.82) is 0 Å². The van der Waals surface area contributed by atoms with Gasteiger partial charge in [0.05, 0.1) is 0 Å². The zero-order valence-corrected chi connectivity index (χ0v) is 10.7. The van der Waals surface area contributed by atoms with Crippen molar-refractivity contribution in [3.63, 3.8) is 0 Å². The molecule has 0 radical (unpaired) electrons. The van der Waals surface area contributed by atoms with E-state index in [1.807, 2.05) is 50.2 Å². The van der Waals surface area contributed by atoms with Gasteiger partial charge in [-0.1, -0.05) is 17.7 Å². The van der Waals surface area contributed by atoms with Crippen LogP contribution in [0.1, 0.15) is 11.1 Å². The minimum absolute atomic E-state index is 0.727. The highest BCUT2D eigenvalue weighted by Crippen LogP contribution is 2.25. The van der Waals surface area contributed by atoms with Crippen LogP contribution in [0.4, 0.5) is 17.1 Å². The maximum Gasteiger partial charge on any atom is 0.0428 e. The number of hydrogen-bond acceptors (Lipinski definition) is 2. The van der Waals surface area contributed by atoms with Crippen LogP contribution in [0.15, 0.2) is 36.4 Å². The second kappa shape index (κ2) is 4.68. The zero-order valence-electron chi connectivity index (χ0n) is 9.92. The maximum absolute atomic E-state index is 5.98. The molecular weight excluding hydrogens is 232 g/mol. The lowest BCUT2D eigenvalue weighted by Gasteiger charge is -2.11. The van der Waals surface area contributed by atoms with Gasteiger partial charge in [-0.05, 0) is 55.3 Å². The SMILES string of the molecule is Cc1cc(Nc2cc(Cl)ccc2C)ccc1N. The topological polar surface area (TPSA) is 38.0 Å². The molecule has 3 N–H and O–H groups in total.